The topological polar surface area (TPSA) is 83.4 Å². The molecule has 17 heavy (non-hydrogen) atoms. The van der Waals surface area contributed by atoms with E-state index in [1.54, 1.807) is 7.11 Å². The van der Waals surface area contributed by atoms with Crippen LogP contribution in [0.4, 0.5) is 0 Å². The van der Waals surface area contributed by atoms with Crippen LogP contribution in [0.3, 0.4) is 0 Å². The fraction of sp³-hybridized carbons (Fsp3) is 0.818. The second-order valence-corrected chi connectivity index (χ2v) is 4.28. The molecule has 1 atom stereocenters. The molecule has 1 aliphatic rings. The number of nitrogens with two attached hydrogens (primary N) is 1. The molecule has 6 nitrogen and oxygen atoms in total. The maximum absolute atomic E-state index is 5.86. The van der Waals surface area contributed by atoms with Gasteiger partial charge in [-0.3, -0.25) is 0 Å². The molecule has 0 saturated carbocycles. The smallest absolute Gasteiger partial charge is 0.243 e. The van der Waals surface area contributed by atoms with Crippen molar-refractivity contribution in [3.8, 4) is 0 Å². The van der Waals surface area contributed by atoms with E-state index in [0.717, 1.165) is 19.3 Å². The predicted molar refractivity (Wildman–Crippen MR) is 60.3 cm³/mol. The summed E-state index contributed by atoms with van der Waals surface area (Å²) in [6.45, 7) is 3.28. The minimum absolute atomic E-state index is 0.204. The summed E-state index contributed by atoms with van der Waals surface area (Å²) in [5.74, 6) is 1.06. The normalized spacial score (nSPS) is 21.4. The summed E-state index contributed by atoms with van der Waals surface area (Å²) in [6.07, 6.45) is 2.25. The highest BCUT2D eigenvalue weighted by atomic mass is 16.5. The van der Waals surface area contributed by atoms with Gasteiger partial charge in [0.15, 0.2) is 0 Å². The fourth-order valence-electron chi connectivity index (χ4n) is 1.97. The van der Waals surface area contributed by atoms with Crippen molar-refractivity contribution in [2.24, 2.45) is 5.73 Å². The van der Waals surface area contributed by atoms with Crippen molar-refractivity contribution in [1.82, 2.24) is 10.1 Å². The second kappa shape index (κ2) is 5.12. The first-order valence-corrected chi connectivity index (χ1v) is 5.94. The molecule has 0 bridgehead atoms. The molecule has 1 fully saturated rings. The first-order chi connectivity index (χ1) is 8.22. The number of aromatic nitrogens is 2. The Morgan fingerprint density at radius 3 is 2.76 bits per heavy atom. The van der Waals surface area contributed by atoms with E-state index >= 15 is 0 Å². The summed E-state index contributed by atoms with van der Waals surface area (Å²) < 4.78 is 16.1. The second-order valence-electron chi connectivity index (χ2n) is 4.28. The van der Waals surface area contributed by atoms with Gasteiger partial charge in [0, 0.05) is 33.2 Å². The summed E-state index contributed by atoms with van der Waals surface area (Å²) in [7, 11) is 1.67. The lowest BCUT2D eigenvalue weighted by Crippen LogP contribution is -2.36. The number of methoxy groups -OCH3 is 1. The molecule has 2 N–H and O–H groups in total. The van der Waals surface area contributed by atoms with Gasteiger partial charge in [0.05, 0.1) is 6.04 Å². The van der Waals surface area contributed by atoms with Gasteiger partial charge in [-0.05, 0) is 6.42 Å². The average Bonchev–Trinajstić information content (AvgIpc) is 2.88. The highest BCUT2D eigenvalue weighted by Crippen LogP contribution is 2.33. The third-order valence-electron chi connectivity index (χ3n) is 3.30. The van der Waals surface area contributed by atoms with E-state index in [4.69, 9.17) is 19.7 Å². The third kappa shape index (κ3) is 2.34. The largest absolute Gasteiger partial charge is 0.381 e. The Hall–Kier alpha value is -0.980. The summed E-state index contributed by atoms with van der Waals surface area (Å²) in [6, 6.07) is -0.204. The molecule has 2 rings (SSSR count). The van der Waals surface area contributed by atoms with E-state index in [1.807, 2.05) is 6.92 Å². The quantitative estimate of drug-likeness (QED) is 0.850. The lowest BCUT2D eigenvalue weighted by atomic mass is 9.93. The number of ether oxygens (including phenoxy) is 2. The molecular weight excluding hydrogens is 222 g/mol. The zero-order valence-electron chi connectivity index (χ0n) is 10.3. The van der Waals surface area contributed by atoms with Gasteiger partial charge in [0.1, 0.15) is 5.60 Å². The SMILES string of the molecule is CC[C@@H](N)c1nc(C2(OC)CCOCC2)no1. The van der Waals surface area contributed by atoms with E-state index in [0.29, 0.717) is 24.9 Å². The average molecular weight is 241 g/mol. The van der Waals surface area contributed by atoms with Gasteiger partial charge in [-0.15, -0.1) is 0 Å². The number of rotatable bonds is 4. The molecule has 1 aromatic heterocycles. The van der Waals surface area contributed by atoms with Crippen molar-refractivity contribution >= 4 is 0 Å². The van der Waals surface area contributed by atoms with Crippen LogP contribution >= 0.6 is 0 Å². The monoisotopic (exact) mass is 241 g/mol. The predicted octanol–water partition coefficient (Wildman–Crippen LogP) is 1.13. The van der Waals surface area contributed by atoms with Crippen LogP contribution in [0.1, 0.15) is 43.9 Å². The summed E-state index contributed by atoms with van der Waals surface area (Å²) in [5.41, 5.74) is 5.38. The van der Waals surface area contributed by atoms with E-state index < -0.39 is 5.60 Å². The van der Waals surface area contributed by atoms with E-state index in [-0.39, 0.29) is 6.04 Å². The van der Waals surface area contributed by atoms with Gasteiger partial charge in [-0.1, -0.05) is 12.1 Å². The highest BCUT2D eigenvalue weighted by molar-refractivity contribution is 5.04. The van der Waals surface area contributed by atoms with Crippen LogP contribution < -0.4 is 5.73 Å². The summed E-state index contributed by atoms with van der Waals surface area (Å²) in [4.78, 5) is 4.36. The van der Waals surface area contributed by atoms with Crippen molar-refractivity contribution < 1.29 is 14.0 Å². The molecule has 2 heterocycles. The van der Waals surface area contributed by atoms with Crippen LogP contribution in [-0.2, 0) is 15.1 Å². The fourth-order valence-corrected chi connectivity index (χ4v) is 1.97. The van der Waals surface area contributed by atoms with Gasteiger partial charge in [-0.2, -0.15) is 4.98 Å². The molecule has 0 spiro atoms. The molecule has 1 aromatic rings. The van der Waals surface area contributed by atoms with E-state index in [2.05, 4.69) is 10.1 Å². The lowest BCUT2D eigenvalue weighted by molar-refractivity contribution is -0.101. The maximum Gasteiger partial charge on any atom is 0.243 e. The van der Waals surface area contributed by atoms with Gasteiger partial charge < -0.3 is 19.7 Å². The first-order valence-electron chi connectivity index (χ1n) is 5.94. The van der Waals surface area contributed by atoms with Crippen LogP contribution in [-0.4, -0.2) is 30.5 Å². The van der Waals surface area contributed by atoms with E-state index in [9.17, 15) is 0 Å². The van der Waals surface area contributed by atoms with Crippen molar-refractivity contribution in [2.75, 3.05) is 20.3 Å². The Balaban J connectivity index is 2.22. The van der Waals surface area contributed by atoms with Crippen LogP contribution in [0.5, 0.6) is 0 Å². The number of hydrogen-bond donors (Lipinski definition) is 1. The zero-order chi connectivity index (χ0) is 12.3. The van der Waals surface area contributed by atoms with Gasteiger partial charge >= 0.3 is 0 Å². The zero-order valence-corrected chi connectivity index (χ0v) is 10.3. The summed E-state index contributed by atoms with van der Waals surface area (Å²) in [5, 5.41) is 4.01. The lowest BCUT2D eigenvalue weighted by Gasteiger charge is -2.32. The molecule has 1 aliphatic heterocycles. The van der Waals surface area contributed by atoms with Gasteiger partial charge in [0.2, 0.25) is 11.7 Å². The molecule has 0 amide bonds. The molecular formula is C11H19N3O3. The molecule has 0 aliphatic carbocycles. The van der Waals surface area contributed by atoms with Crippen LogP contribution in [0.2, 0.25) is 0 Å². The molecule has 0 radical (unpaired) electrons. The van der Waals surface area contributed by atoms with E-state index in [1.165, 1.54) is 0 Å². The summed E-state index contributed by atoms with van der Waals surface area (Å²) >= 11 is 0. The van der Waals surface area contributed by atoms with Crippen LogP contribution in [0.25, 0.3) is 0 Å². The highest BCUT2D eigenvalue weighted by Gasteiger charge is 2.39. The molecule has 6 heteroatoms. The van der Waals surface area contributed by atoms with Crippen LogP contribution in [0, 0.1) is 0 Å². The molecule has 0 aromatic carbocycles. The minimum atomic E-state index is -0.479. The van der Waals surface area contributed by atoms with Crippen molar-refractivity contribution in [3.63, 3.8) is 0 Å². The standard InChI is InChI=1S/C11H19N3O3/c1-3-8(12)9-13-10(14-17-9)11(15-2)4-6-16-7-5-11/h8H,3-7,12H2,1-2H3/t8-/m1/s1. The van der Waals surface area contributed by atoms with Crippen LogP contribution in [0.15, 0.2) is 4.52 Å². The molecule has 0 unspecified atom stereocenters. The third-order valence-corrected chi connectivity index (χ3v) is 3.30. The number of nitrogens with zero attached hydrogens (tertiary/aromatic N) is 2. The van der Waals surface area contributed by atoms with Crippen molar-refractivity contribution in [2.45, 2.75) is 37.8 Å². The molecule has 96 valence electrons. The first kappa shape index (κ1) is 12.5. The Labute approximate surface area is 100 Å². The van der Waals surface area contributed by atoms with Gasteiger partial charge in [-0.25, -0.2) is 0 Å². The Morgan fingerprint density at radius 1 is 1.47 bits per heavy atom. The van der Waals surface area contributed by atoms with Crippen molar-refractivity contribution in [3.05, 3.63) is 11.7 Å². The number of hydrogen-bond acceptors (Lipinski definition) is 6. The van der Waals surface area contributed by atoms with Gasteiger partial charge in [0.25, 0.3) is 0 Å². The molecule has 1 saturated heterocycles. The minimum Gasteiger partial charge on any atom is -0.381 e. The Kier molecular flexibility index (Phi) is 3.76. The maximum atomic E-state index is 5.86. The Morgan fingerprint density at radius 2 is 2.18 bits per heavy atom. The Bertz CT molecular complexity index is 361. The van der Waals surface area contributed by atoms with Crippen molar-refractivity contribution in [1.29, 1.82) is 0 Å².